The smallest absolute Gasteiger partial charge is 0.231 e. The molecule has 1 aliphatic rings. The van der Waals surface area contributed by atoms with Crippen LogP contribution < -0.4 is 9.47 Å². The molecule has 2 heterocycles. The predicted molar refractivity (Wildman–Crippen MR) is 59.6 cm³/mol. The van der Waals surface area contributed by atoms with E-state index in [0.717, 1.165) is 17.9 Å². The maximum Gasteiger partial charge on any atom is 0.231 e. The first kappa shape index (κ1) is 9.21. The van der Waals surface area contributed by atoms with Gasteiger partial charge in [-0.05, 0) is 35.7 Å². The van der Waals surface area contributed by atoms with Crippen molar-refractivity contribution in [3.8, 4) is 11.5 Å². The first-order valence-corrected chi connectivity index (χ1v) is 5.19. The van der Waals surface area contributed by atoms with Gasteiger partial charge in [0.05, 0.1) is 0 Å². The van der Waals surface area contributed by atoms with Gasteiger partial charge in [-0.2, -0.15) is 0 Å². The van der Waals surface area contributed by atoms with E-state index < -0.39 is 0 Å². The molecule has 0 unspecified atom stereocenters. The molecule has 80 valence electrons. The van der Waals surface area contributed by atoms with Crippen LogP contribution in [0.15, 0.2) is 42.7 Å². The predicted octanol–water partition coefficient (Wildman–Crippen LogP) is 2.40. The molecule has 3 heteroatoms. The highest BCUT2D eigenvalue weighted by atomic mass is 16.7. The Morgan fingerprint density at radius 3 is 2.88 bits per heavy atom. The Bertz CT molecular complexity index is 497. The number of nitrogens with zero attached hydrogens (tertiary/aromatic N) is 1. The second-order valence-electron chi connectivity index (χ2n) is 3.73. The van der Waals surface area contributed by atoms with Crippen molar-refractivity contribution in [1.82, 2.24) is 4.98 Å². The van der Waals surface area contributed by atoms with Gasteiger partial charge < -0.3 is 9.47 Å². The molecule has 1 aliphatic heterocycles. The van der Waals surface area contributed by atoms with Gasteiger partial charge in [-0.1, -0.05) is 12.1 Å². The summed E-state index contributed by atoms with van der Waals surface area (Å²) in [5.74, 6) is 1.66. The lowest BCUT2D eigenvalue weighted by Gasteiger charge is -2.02. The molecule has 0 bridgehead atoms. The molecule has 0 N–H and O–H groups in total. The fourth-order valence-corrected chi connectivity index (χ4v) is 1.79. The largest absolute Gasteiger partial charge is 0.454 e. The second-order valence-corrected chi connectivity index (χ2v) is 3.73. The molecule has 0 saturated carbocycles. The fourth-order valence-electron chi connectivity index (χ4n) is 1.79. The zero-order valence-electron chi connectivity index (χ0n) is 8.72. The van der Waals surface area contributed by atoms with Crippen LogP contribution in [0.2, 0.25) is 0 Å². The van der Waals surface area contributed by atoms with Crippen molar-refractivity contribution in [2.75, 3.05) is 6.79 Å². The minimum atomic E-state index is 0.325. The first-order chi connectivity index (χ1) is 7.92. The van der Waals surface area contributed by atoms with Crippen molar-refractivity contribution in [3.05, 3.63) is 53.9 Å². The van der Waals surface area contributed by atoms with E-state index in [4.69, 9.17) is 9.47 Å². The number of hydrogen-bond acceptors (Lipinski definition) is 3. The SMILES string of the molecule is c1cncc(Cc2ccc3c(c2)OCO3)c1. The number of aromatic nitrogens is 1. The third-order valence-electron chi connectivity index (χ3n) is 2.57. The molecule has 16 heavy (non-hydrogen) atoms. The summed E-state index contributed by atoms with van der Waals surface area (Å²) < 4.78 is 10.6. The fraction of sp³-hybridized carbons (Fsp3) is 0.154. The summed E-state index contributed by atoms with van der Waals surface area (Å²) in [6.07, 6.45) is 4.53. The van der Waals surface area contributed by atoms with Crippen molar-refractivity contribution >= 4 is 0 Å². The van der Waals surface area contributed by atoms with Crippen LogP contribution in [0.4, 0.5) is 0 Å². The number of fused-ring (bicyclic) bond motifs is 1. The van der Waals surface area contributed by atoms with Crippen LogP contribution in [0.1, 0.15) is 11.1 Å². The Morgan fingerprint density at radius 1 is 1.06 bits per heavy atom. The third-order valence-corrected chi connectivity index (χ3v) is 2.57. The molecule has 0 radical (unpaired) electrons. The summed E-state index contributed by atoms with van der Waals surface area (Å²) in [4.78, 5) is 4.10. The topological polar surface area (TPSA) is 31.4 Å². The molecular weight excluding hydrogens is 202 g/mol. The molecule has 1 aromatic carbocycles. The molecule has 1 aromatic heterocycles. The summed E-state index contributed by atoms with van der Waals surface area (Å²) in [5.41, 5.74) is 2.40. The molecule has 0 saturated heterocycles. The van der Waals surface area contributed by atoms with Gasteiger partial charge in [0, 0.05) is 12.4 Å². The Balaban J connectivity index is 1.86. The Morgan fingerprint density at radius 2 is 2.00 bits per heavy atom. The van der Waals surface area contributed by atoms with E-state index in [1.807, 2.05) is 24.4 Å². The molecule has 0 amide bonds. The van der Waals surface area contributed by atoms with Crippen LogP contribution in [0.5, 0.6) is 11.5 Å². The second kappa shape index (κ2) is 3.85. The van der Waals surface area contributed by atoms with Crippen LogP contribution in [-0.2, 0) is 6.42 Å². The molecule has 0 fully saturated rings. The number of benzene rings is 1. The van der Waals surface area contributed by atoms with E-state index in [1.165, 1.54) is 11.1 Å². The van der Waals surface area contributed by atoms with Gasteiger partial charge in [-0.3, -0.25) is 4.98 Å². The summed E-state index contributed by atoms with van der Waals surface area (Å²) in [6, 6.07) is 10.0. The Labute approximate surface area is 93.7 Å². The average Bonchev–Trinajstić information content (AvgIpc) is 2.77. The van der Waals surface area contributed by atoms with Crippen molar-refractivity contribution < 1.29 is 9.47 Å². The lowest BCUT2D eigenvalue weighted by Crippen LogP contribution is -1.93. The van der Waals surface area contributed by atoms with Crippen molar-refractivity contribution in [1.29, 1.82) is 0 Å². The maximum atomic E-state index is 5.34. The Hall–Kier alpha value is -2.03. The van der Waals surface area contributed by atoms with Crippen molar-refractivity contribution in [3.63, 3.8) is 0 Å². The third kappa shape index (κ3) is 1.72. The molecule has 3 nitrogen and oxygen atoms in total. The van der Waals surface area contributed by atoms with Crippen molar-refractivity contribution in [2.24, 2.45) is 0 Å². The minimum Gasteiger partial charge on any atom is -0.454 e. The van der Waals surface area contributed by atoms with Gasteiger partial charge in [-0.15, -0.1) is 0 Å². The molecule has 0 atom stereocenters. The first-order valence-electron chi connectivity index (χ1n) is 5.19. The monoisotopic (exact) mass is 213 g/mol. The average molecular weight is 213 g/mol. The summed E-state index contributed by atoms with van der Waals surface area (Å²) in [7, 11) is 0. The van der Waals surface area contributed by atoms with E-state index in [0.29, 0.717) is 6.79 Å². The van der Waals surface area contributed by atoms with E-state index in [1.54, 1.807) is 6.20 Å². The number of rotatable bonds is 2. The highest BCUT2D eigenvalue weighted by Gasteiger charge is 2.12. The van der Waals surface area contributed by atoms with Gasteiger partial charge in [0.1, 0.15) is 0 Å². The van der Waals surface area contributed by atoms with E-state index in [9.17, 15) is 0 Å². The van der Waals surface area contributed by atoms with Crippen LogP contribution >= 0.6 is 0 Å². The van der Waals surface area contributed by atoms with Crippen LogP contribution in [0.3, 0.4) is 0 Å². The van der Waals surface area contributed by atoms with Crippen molar-refractivity contribution in [2.45, 2.75) is 6.42 Å². The van der Waals surface area contributed by atoms with Gasteiger partial charge >= 0.3 is 0 Å². The highest BCUT2D eigenvalue weighted by Crippen LogP contribution is 2.32. The van der Waals surface area contributed by atoms with Crippen LogP contribution in [-0.4, -0.2) is 11.8 Å². The van der Waals surface area contributed by atoms with Crippen LogP contribution in [0, 0.1) is 0 Å². The van der Waals surface area contributed by atoms with Gasteiger partial charge in [0.25, 0.3) is 0 Å². The standard InChI is InChI=1S/C13H11NO2/c1-2-11(8-14-5-1)6-10-3-4-12-13(7-10)16-9-15-12/h1-5,7-8H,6,9H2. The minimum absolute atomic E-state index is 0.325. The zero-order chi connectivity index (χ0) is 10.8. The normalized spacial score (nSPS) is 12.8. The maximum absolute atomic E-state index is 5.34. The number of pyridine rings is 1. The van der Waals surface area contributed by atoms with Gasteiger partial charge in [-0.25, -0.2) is 0 Å². The molecule has 0 aliphatic carbocycles. The molecule has 0 spiro atoms. The lowest BCUT2D eigenvalue weighted by atomic mass is 10.1. The van der Waals surface area contributed by atoms with Crippen LogP contribution in [0.25, 0.3) is 0 Å². The summed E-state index contributed by atoms with van der Waals surface area (Å²) in [5, 5.41) is 0. The lowest BCUT2D eigenvalue weighted by molar-refractivity contribution is 0.174. The van der Waals surface area contributed by atoms with E-state index in [2.05, 4.69) is 17.1 Å². The highest BCUT2D eigenvalue weighted by molar-refractivity contribution is 5.45. The number of hydrogen-bond donors (Lipinski definition) is 0. The van der Waals surface area contributed by atoms with Gasteiger partial charge in [0.15, 0.2) is 11.5 Å². The summed E-state index contributed by atoms with van der Waals surface area (Å²) in [6.45, 7) is 0.325. The molecular formula is C13H11NO2. The quantitative estimate of drug-likeness (QED) is 0.767. The molecule has 2 aromatic rings. The molecule has 3 rings (SSSR count). The zero-order valence-corrected chi connectivity index (χ0v) is 8.72. The van der Waals surface area contributed by atoms with E-state index >= 15 is 0 Å². The van der Waals surface area contributed by atoms with E-state index in [-0.39, 0.29) is 0 Å². The summed E-state index contributed by atoms with van der Waals surface area (Å²) >= 11 is 0. The van der Waals surface area contributed by atoms with Gasteiger partial charge in [0.2, 0.25) is 6.79 Å². The number of ether oxygens (including phenoxy) is 2. The Kier molecular flexibility index (Phi) is 2.22.